The Bertz CT molecular complexity index is 351. The summed E-state index contributed by atoms with van der Waals surface area (Å²) in [6, 6.07) is 8.59. The maximum Gasteiger partial charge on any atom is 0.0254 e. The molecular formula is C15H22ClN. The zero-order valence-electron chi connectivity index (χ0n) is 10.6. The van der Waals surface area contributed by atoms with Gasteiger partial charge in [0.05, 0.1) is 0 Å². The molecule has 1 saturated carbocycles. The quantitative estimate of drug-likeness (QED) is 0.787. The average molecular weight is 252 g/mol. The van der Waals surface area contributed by atoms with E-state index >= 15 is 0 Å². The average Bonchev–Trinajstić information content (AvgIpc) is 2.79. The predicted molar refractivity (Wildman–Crippen MR) is 74.4 cm³/mol. The summed E-state index contributed by atoms with van der Waals surface area (Å²) in [4.78, 5) is 0. The molecule has 2 rings (SSSR count). The number of halogens is 1. The number of nitrogens with one attached hydrogen (secondary N) is 1. The second-order valence-corrected chi connectivity index (χ2v) is 5.47. The number of benzene rings is 1. The Hall–Kier alpha value is -0.530. The summed E-state index contributed by atoms with van der Waals surface area (Å²) in [5.41, 5.74) is 2.79. The lowest BCUT2D eigenvalue weighted by atomic mass is 9.98. The molecule has 0 aliphatic heterocycles. The smallest absolute Gasteiger partial charge is 0.0254 e. The van der Waals surface area contributed by atoms with Gasteiger partial charge in [0.15, 0.2) is 0 Å². The van der Waals surface area contributed by atoms with Crippen molar-refractivity contribution in [1.29, 1.82) is 0 Å². The van der Waals surface area contributed by atoms with Crippen molar-refractivity contribution < 1.29 is 0 Å². The molecule has 0 heterocycles. The molecule has 1 fully saturated rings. The Balaban J connectivity index is 1.78. The lowest BCUT2D eigenvalue weighted by Gasteiger charge is -2.18. The van der Waals surface area contributed by atoms with Gasteiger partial charge in [-0.05, 0) is 49.3 Å². The van der Waals surface area contributed by atoms with Gasteiger partial charge in [-0.25, -0.2) is 0 Å². The van der Waals surface area contributed by atoms with E-state index in [4.69, 9.17) is 11.6 Å². The molecule has 17 heavy (non-hydrogen) atoms. The van der Waals surface area contributed by atoms with E-state index < -0.39 is 0 Å². The third kappa shape index (κ3) is 3.46. The fourth-order valence-electron chi connectivity index (χ4n) is 2.79. The molecule has 2 atom stereocenters. The van der Waals surface area contributed by atoms with Crippen LogP contribution < -0.4 is 5.32 Å². The monoisotopic (exact) mass is 251 g/mol. The Labute approximate surface area is 110 Å². The van der Waals surface area contributed by atoms with Gasteiger partial charge >= 0.3 is 0 Å². The summed E-state index contributed by atoms with van der Waals surface area (Å²) in [5, 5.41) is 3.59. The van der Waals surface area contributed by atoms with Crippen LogP contribution in [0.5, 0.6) is 0 Å². The molecule has 0 spiro atoms. The van der Waals surface area contributed by atoms with Gasteiger partial charge in [-0.2, -0.15) is 0 Å². The molecule has 0 radical (unpaired) electrons. The molecule has 0 bridgehead atoms. The van der Waals surface area contributed by atoms with E-state index in [0.717, 1.165) is 30.8 Å². The summed E-state index contributed by atoms with van der Waals surface area (Å²) < 4.78 is 0. The van der Waals surface area contributed by atoms with Crippen LogP contribution in [0.1, 0.15) is 30.4 Å². The van der Waals surface area contributed by atoms with E-state index in [9.17, 15) is 0 Å². The zero-order chi connectivity index (χ0) is 12.1. The number of hydrogen-bond donors (Lipinski definition) is 1. The number of rotatable bonds is 5. The first kappa shape index (κ1) is 12.9. The topological polar surface area (TPSA) is 12.0 Å². The van der Waals surface area contributed by atoms with Gasteiger partial charge in [0.2, 0.25) is 0 Å². The van der Waals surface area contributed by atoms with E-state index in [0.29, 0.717) is 0 Å². The maximum absolute atomic E-state index is 6.00. The van der Waals surface area contributed by atoms with Crippen LogP contribution in [0, 0.1) is 18.8 Å². The molecule has 1 nitrogen and oxygen atoms in total. The van der Waals surface area contributed by atoms with Crippen LogP contribution in [-0.2, 0) is 6.54 Å². The van der Waals surface area contributed by atoms with Gasteiger partial charge in [-0.1, -0.05) is 30.7 Å². The van der Waals surface area contributed by atoms with Crippen LogP contribution in [-0.4, -0.2) is 12.4 Å². The minimum absolute atomic E-state index is 0.737. The predicted octanol–water partition coefficient (Wildman–Crippen LogP) is 3.74. The highest BCUT2D eigenvalue weighted by molar-refractivity contribution is 6.18. The van der Waals surface area contributed by atoms with Crippen molar-refractivity contribution in [3.05, 3.63) is 35.4 Å². The standard InChI is InChI=1S/C15H22ClN/c1-12-5-2-3-6-14(12)10-17-11-15-8-4-7-13(15)9-16/h2-3,5-6,13,15,17H,4,7-11H2,1H3. The van der Waals surface area contributed by atoms with Gasteiger partial charge in [-0.15, -0.1) is 11.6 Å². The highest BCUT2D eigenvalue weighted by Crippen LogP contribution is 2.31. The molecule has 1 aliphatic carbocycles. The van der Waals surface area contributed by atoms with E-state index in [1.807, 2.05) is 0 Å². The van der Waals surface area contributed by atoms with E-state index in [1.54, 1.807) is 0 Å². The number of aryl methyl sites for hydroxylation is 1. The summed E-state index contributed by atoms with van der Waals surface area (Å²) in [6.45, 7) is 4.28. The number of alkyl halides is 1. The SMILES string of the molecule is Cc1ccccc1CNCC1CCCC1CCl. The minimum Gasteiger partial charge on any atom is -0.312 e. The van der Waals surface area contributed by atoms with Gasteiger partial charge in [0, 0.05) is 12.4 Å². The van der Waals surface area contributed by atoms with Crippen molar-refractivity contribution in [2.75, 3.05) is 12.4 Å². The molecule has 1 aromatic carbocycles. The fourth-order valence-corrected chi connectivity index (χ4v) is 3.19. The second kappa shape index (κ2) is 6.42. The lowest BCUT2D eigenvalue weighted by molar-refractivity contribution is 0.395. The van der Waals surface area contributed by atoms with E-state index in [-0.39, 0.29) is 0 Å². The van der Waals surface area contributed by atoms with Gasteiger partial charge in [-0.3, -0.25) is 0 Å². The number of hydrogen-bond acceptors (Lipinski definition) is 1. The van der Waals surface area contributed by atoms with Crippen LogP contribution >= 0.6 is 11.6 Å². The Kier molecular flexibility index (Phi) is 4.87. The van der Waals surface area contributed by atoms with Crippen LogP contribution in [0.25, 0.3) is 0 Å². The molecule has 0 saturated heterocycles. The Morgan fingerprint density at radius 2 is 2.00 bits per heavy atom. The molecule has 94 valence electrons. The fraction of sp³-hybridized carbons (Fsp3) is 0.600. The first-order valence-electron chi connectivity index (χ1n) is 6.62. The normalized spacial score (nSPS) is 24.1. The van der Waals surface area contributed by atoms with Gasteiger partial charge in [0.25, 0.3) is 0 Å². The van der Waals surface area contributed by atoms with E-state index in [2.05, 4.69) is 36.5 Å². The molecular weight excluding hydrogens is 230 g/mol. The van der Waals surface area contributed by atoms with Crippen molar-refractivity contribution in [3.63, 3.8) is 0 Å². The summed E-state index contributed by atoms with van der Waals surface area (Å²) in [5.74, 6) is 2.36. The molecule has 1 aromatic rings. The Morgan fingerprint density at radius 1 is 1.24 bits per heavy atom. The second-order valence-electron chi connectivity index (χ2n) is 5.16. The van der Waals surface area contributed by atoms with Gasteiger partial charge < -0.3 is 5.32 Å². The summed E-state index contributed by atoms with van der Waals surface area (Å²) in [6.07, 6.45) is 4.02. The Morgan fingerprint density at radius 3 is 2.76 bits per heavy atom. The highest BCUT2D eigenvalue weighted by Gasteiger charge is 2.25. The van der Waals surface area contributed by atoms with E-state index in [1.165, 1.54) is 30.4 Å². The first-order valence-corrected chi connectivity index (χ1v) is 7.16. The van der Waals surface area contributed by atoms with Crippen LogP contribution in [0.15, 0.2) is 24.3 Å². The third-order valence-corrected chi connectivity index (χ3v) is 4.39. The van der Waals surface area contributed by atoms with Crippen LogP contribution in [0.3, 0.4) is 0 Å². The molecule has 1 aliphatic rings. The van der Waals surface area contributed by atoms with Crippen molar-refractivity contribution in [2.45, 2.75) is 32.7 Å². The van der Waals surface area contributed by atoms with Gasteiger partial charge in [0.1, 0.15) is 0 Å². The van der Waals surface area contributed by atoms with Crippen LogP contribution in [0.4, 0.5) is 0 Å². The highest BCUT2D eigenvalue weighted by atomic mass is 35.5. The third-order valence-electron chi connectivity index (χ3n) is 4.00. The molecule has 1 N–H and O–H groups in total. The van der Waals surface area contributed by atoms with Crippen molar-refractivity contribution >= 4 is 11.6 Å². The minimum atomic E-state index is 0.737. The molecule has 0 amide bonds. The zero-order valence-corrected chi connectivity index (χ0v) is 11.3. The largest absolute Gasteiger partial charge is 0.312 e. The lowest BCUT2D eigenvalue weighted by Crippen LogP contribution is -2.25. The molecule has 2 heteroatoms. The molecule has 2 unspecified atom stereocenters. The summed E-state index contributed by atoms with van der Waals surface area (Å²) in [7, 11) is 0. The van der Waals surface area contributed by atoms with Crippen molar-refractivity contribution in [2.24, 2.45) is 11.8 Å². The first-order chi connectivity index (χ1) is 8.31. The van der Waals surface area contributed by atoms with Crippen molar-refractivity contribution in [3.8, 4) is 0 Å². The van der Waals surface area contributed by atoms with Crippen molar-refractivity contribution in [1.82, 2.24) is 5.32 Å². The molecule has 0 aromatic heterocycles. The summed E-state index contributed by atoms with van der Waals surface area (Å²) >= 11 is 6.00. The van der Waals surface area contributed by atoms with Crippen LogP contribution in [0.2, 0.25) is 0 Å². The maximum atomic E-state index is 6.00.